The average Bonchev–Trinajstić information content (AvgIpc) is 2.98. The van der Waals surface area contributed by atoms with Gasteiger partial charge < -0.3 is 9.64 Å². The van der Waals surface area contributed by atoms with Crippen molar-refractivity contribution >= 4 is 16.5 Å². The number of pyridine rings is 1. The average molecular weight is 276 g/mol. The molecule has 1 aliphatic rings. The fourth-order valence-corrected chi connectivity index (χ4v) is 2.93. The highest BCUT2D eigenvalue weighted by Gasteiger charge is 2.22. The smallest absolute Gasteiger partial charge is 0.208 e. The van der Waals surface area contributed by atoms with Crippen LogP contribution in [0.4, 0.5) is 5.13 Å². The van der Waals surface area contributed by atoms with Crippen molar-refractivity contribution in [1.29, 1.82) is 0 Å². The third-order valence-electron chi connectivity index (χ3n) is 3.16. The summed E-state index contributed by atoms with van der Waals surface area (Å²) in [7, 11) is 0. The van der Waals surface area contributed by atoms with Gasteiger partial charge in [0.2, 0.25) is 5.13 Å². The van der Waals surface area contributed by atoms with E-state index < -0.39 is 0 Å². The Balaban J connectivity index is 1.78. The molecule has 5 nitrogen and oxygen atoms in total. The molecule has 1 unspecified atom stereocenters. The van der Waals surface area contributed by atoms with Crippen LogP contribution in [0.25, 0.3) is 10.7 Å². The molecule has 2 aromatic rings. The SMILES string of the molecule is CCC1CN(c2nnc(-c3ccccn3)s2)CCO1. The second-order valence-electron chi connectivity index (χ2n) is 4.45. The van der Waals surface area contributed by atoms with E-state index in [1.54, 1.807) is 17.5 Å². The minimum atomic E-state index is 0.302. The summed E-state index contributed by atoms with van der Waals surface area (Å²) in [5.74, 6) is 0. The van der Waals surface area contributed by atoms with Crippen LogP contribution in [-0.2, 0) is 4.74 Å². The van der Waals surface area contributed by atoms with Crippen molar-refractivity contribution in [2.75, 3.05) is 24.6 Å². The molecule has 0 aromatic carbocycles. The van der Waals surface area contributed by atoms with Crippen LogP contribution in [0.3, 0.4) is 0 Å². The van der Waals surface area contributed by atoms with Gasteiger partial charge in [-0.2, -0.15) is 0 Å². The van der Waals surface area contributed by atoms with Crippen LogP contribution in [0.1, 0.15) is 13.3 Å². The van der Waals surface area contributed by atoms with Crippen LogP contribution in [0.15, 0.2) is 24.4 Å². The van der Waals surface area contributed by atoms with Crippen molar-refractivity contribution < 1.29 is 4.74 Å². The Hall–Kier alpha value is -1.53. The Bertz CT molecular complexity index is 530. The first-order valence-corrected chi connectivity index (χ1v) is 7.30. The van der Waals surface area contributed by atoms with E-state index in [0.717, 1.165) is 42.0 Å². The van der Waals surface area contributed by atoms with Gasteiger partial charge in [-0.1, -0.05) is 24.3 Å². The number of hydrogen-bond donors (Lipinski definition) is 0. The number of hydrogen-bond acceptors (Lipinski definition) is 6. The summed E-state index contributed by atoms with van der Waals surface area (Å²) in [6, 6.07) is 5.82. The molecule has 3 heterocycles. The molecular formula is C13H16N4OS. The highest BCUT2D eigenvalue weighted by molar-refractivity contribution is 7.18. The van der Waals surface area contributed by atoms with Crippen molar-refractivity contribution in [3.8, 4) is 10.7 Å². The summed E-state index contributed by atoms with van der Waals surface area (Å²) in [5, 5.41) is 10.4. The molecule has 0 bridgehead atoms. The Morgan fingerprint density at radius 1 is 1.42 bits per heavy atom. The van der Waals surface area contributed by atoms with E-state index in [9.17, 15) is 0 Å². The molecule has 1 saturated heterocycles. The van der Waals surface area contributed by atoms with Gasteiger partial charge in [0, 0.05) is 19.3 Å². The van der Waals surface area contributed by atoms with E-state index in [0.29, 0.717) is 6.10 Å². The minimum Gasteiger partial charge on any atom is -0.375 e. The third kappa shape index (κ3) is 2.74. The van der Waals surface area contributed by atoms with Gasteiger partial charge in [0.1, 0.15) is 5.69 Å². The zero-order valence-corrected chi connectivity index (χ0v) is 11.6. The van der Waals surface area contributed by atoms with E-state index >= 15 is 0 Å². The van der Waals surface area contributed by atoms with Gasteiger partial charge in [0.25, 0.3) is 0 Å². The third-order valence-corrected chi connectivity index (χ3v) is 4.17. The zero-order chi connectivity index (χ0) is 13.1. The lowest BCUT2D eigenvalue weighted by atomic mass is 10.2. The highest BCUT2D eigenvalue weighted by atomic mass is 32.1. The fraction of sp³-hybridized carbons (Fsp3) is 0.462. The number of rotatable bonds is 3. The van der Waals surface area contributed by atoms with Gasteiger partial charge in [-0.05, 0) is 18.6 Å². The Morgan fingerprint density at radius 3 is 3.16 bits per heavy atom. The van der Waals surface area contributed by atoms with Crippen molar-refractivity contribution in [1.82, 2.24) is 15.2 Å². The molecule has 1 fully saturated rings. The summed E-state index contributed by atoms with van der Waals surface area (Å²) in [6.07, 6.45) is 3.11. The van der Waals surface area contributed by atoms with Crippen LogP contribution in [0.2, 0.25) is 0 Å². The molecule has 0 radical (unpaired) electrons. The van der Waals surface area contributed by atoms with Crippen molar-refractivity contribution in [2.24, 2.45) is 0 Å². The molecule has 100 valence electrons. The Kier molecular flexibility index (Phi) is 3.70. The van der Waals surface area contributed by atoms with Gasteiger partial charge in [-0.15, -0.1) is 10.2 Å². The van der Waals surface area contributed by atoms with Crippen molar-refractivity contribution in [3.63, 3.8) is 0 Å². The molecule has 1 atom stereocenters. The first-order valence-electron chi connectivity index (χ1n) is 6.48. The Labute approximate surface area is 116 Å². The van der Waals surface area contributed by atoms with E-state index in [-0.39, 0.29) is 0 Å². The lowest BCUT2D eigenvalue weighted by Crippen LogP contribution is -2.42. The first kappa shape index (κ1) is 12.5. The summed E-state index contributed by atoms with van der Waals surface area (Å²) in [5.41, 5.74) is 0.881. The predicted molar refractivity (Wildman–Crippen MR) is 75.4 cm³/mol. The summed E-state index contributed by atoms with van der Waals surface area (Å²) in [6.45, 7) is 4.69. The molecule has 2 aromatic heterocycles. The normalized spacial score (nSPS) is 19.6. The van der Waals surface area contributed by atoms with E-state index in [1.165, 1.54) is 0 Å². The molecule has 0 amide bonds. The standard InChI is InChI=1S/C13H16N4OS/c1-2-10-9-17(7-8-18-10)13-16-15-12(19-13)11-5-3-4-6-14-11/h3-6,10H,2,7-9H2,1H3. The van der Waals surface area contributed by atoms with Gasteiger partial charge in [0.15, 0.2) is 5.01 Å². The lowest BCUT2D eigenvalue weighted by Gasteiger charge is -2.31. The maximum absolute atomic E-state index is 5.67. The van der Waals surface area contributed by atoms with Gasteiger partial charge in [-0.3, -0.25) is 4.98 Å². The summed E-state index contributed by atoms with van der Waals surface area (Å²) in [4.78, 5) is 6.56. The maximum atomic E-state index is 5.67. The highest BCUT2D eigenvalue weighted by Crippen LogP contribution is 2.28. The van der Waals surface area contributed by atoms with Crippen LogP contribution in [0, 0.1) is 0 Å². The van der Waals surface area contributed by atoms with Crippen LogP contribution < -0.4 is 4.90 Å². The van der Waals surface area contributed by atoms with E-state index in [4.69, 9.17) is 4.74 Å². The van der Waals surface area contributed by atoms with Crippen LogP contribution >= 0.6 is 11.3 Å². The topological polar surface area (TPSA) is 51.1 Å². The molecule has 3 rings (SSSR count). The summed E-state index contributed by atoms with van der Waals surface area (Å²) < 4.78 is 5.67. The molecular weight excluding hydrogens is 260 g/mol. The van der Waals surface area contributed by atoms with Gasteiger partial charge >= 0.3 is 0 Å². The number of aromatic nitrogens is 3. The molecule has 0 saturated carbocycles. The number of morpholine rings is 1. The van der Waals surface area contributed by atoms with Crippen LogP contribution in [-0.4, -0.2) is 41.0 Å². The lowest BCUT2D eigenvalue weighted by molar-refractivity contribution is 0.0384. The predicted octanol–water partition coefficient (Wildman–Crippen LogP) is 2.22. The van der Waals surface area contributed by atoms with Gasteiger partial charge in [0.05, 0.1) is 12.7 Å². The molecule has 0 aliphatic carbocycles. The molecule has 0 N–H and O–H groups in total. The molecule has 6 heteroatoms. The number of nitrogens with zero attached hydrogens (tertiary/aromatic N) is 4. The van der Waals surface area contributed by atoms with Crippen molar-refractivity contribution in [3.05, 3.63) is 24.4 Å². The minimum absolute atomic E-state index is 0.302. The fourth-order valence-electron chi connectivity index (χ4n) is 2.08. The molecule has 19 heavy (non-hydrogen) atoms. The first-order chi connectivity index (χ1) is 9.36. The van der Waals surface area contributed by atoms with Crippen molar-refractivity contribution in [2.45, 2.75) is 19.4 Å². The maximum Gasteiger partial charge on any atom is 0.208 e. The Morgan fingerprint density at radius 2 is 2.37 bits per heavy atom. The monoisotopic (exact) mass is 276 g/mol. The quantitative estimate of drug-likeness (QED) is 0.860. The zero-order valence-electron chi connectivity index (χ0n) is 10.8. The second kappa shape index (κ2) is 5.63. The van der Waals surface area contributed by atoms with E-state index in [1.807, 2.05) is 18.2 Å². The van der Waals surface area contributed by atoms with Crippen LogP contribution in [0.5, 0.6) is 0 Å². The van der Waals surface area contributed by atoms with Gasteiger partial charge in [-0.25, -0.2) is 0 Å². The number of anilines is 1. The van der Waals surface area contributed by atoms with E-state index in [2.05, 4.69) is 27.0 Å². The molecule has 0 spiro atoms. The summed E-state index contributed by atoms with van der Waals surface area (Å²) >= 11 is 1.59. The molecule has 1 aliphatic heterocycles. The number of ether oxygens (including phenoxy) is 1. The largest absolute Gasteiger partial charge is 0.375 e. The second-order valence-corrected chi connectivity index (χ2v) is 5.41.